The minimum absolute atomic E-state index is 0.0759. The fourth-order valence-corrected chi connectivity index (χ4v) is 9.55. The number of aryl methyl sites for hydroxylation is 2. The van der Waals surface area contributed by atoms with E-state index in [9.17, 15) is 4.79 Å². The van der Waals surface area contributed by atoms with Gasteiger partial charge in [-0.1, -0.05) is 82.6 Å². The Morgan fingerprint density at radius 2 is 1.80 bits per heavy atom. The summed E-state index contributed by atoms with van der Waals surface area (Å²) in [6.07, 6.45) is 7.50. The normalized spacial score (nSPS) is 21.4. The van der Waals surface area contributed by atoms with Crippen molar-refractivity contribution in [3.05, 3.63) is 101 Å². The molecule has 1 heterocycles. The Morgan fingerprint density at radius 3 is 2.57 bits per heavy atom. The maximum atomic E-state index is 10.9. The highest BCUT2D eigenvalue weighted by atomic mass is 16.5. The van der Waals surface area contributed by atoms with Crippen LogP contribution in [0.15, 0.2) is 72.8 Å². The van der Waals surface area contributed by atoms with Crippen LogP contribution in [0.2, 0.25) is 0 Å². The van der Waals surface area contributed by atoms with Crippen molar-refractivity contribution >= 4 is 17.0 Å². The first kappa shape index (κ1) is 34.9. The first-order valence-corrected chi connectivity index (χ1v) is 18.7. The molecule has 4 aromatic carbocycles. The van der Waals surface area contributed by atoms with Crippen LogP contribution < -0.4 is 9.47 Å². The van der Waals surface area contributed by atoms with Gasteiger partial charge in [-0.05, 0) is 125 Å². The Labute approximate surface area is 302 Å². The van der Waals surface area contributed by atoms with Gasteiger partial charge in [0.25, 0.3) is 0 Å². The van der Waals surface area contributed by atoms with Gasteiger partial charge in [0, 0.05) is 12.5 Å². The van der Waals surface area contributed by atoms with E-state index in [0.29, 0.717) is 36.4 Å². The number of fused-ring (bicyclic) bond motifs is 4. The maximum Gasteiger partial charge on any atom is 0.303 e. The number of rotatable bonds is 11. The fourth-order valence-electron chi connectivity index (χ4n) is 9.55. The quantitative estimate of drug-likeness (QED) is 0.135. The lowest BCUT2D eigenvalue weighted by Crippen LogP contribution is -2.50. The second-order valence-electron chi connectivity index (χ2n) is 15.9. The molecule has 3 atom stereocenters. The largest absolute Gasteiger partial charge is 0.496 e. The second kappa shape index (κ2) is 13.9. The van der Waals surface area contributed by atoms with E-state index in [1.807, 2.05) is 18.2 Å². The lowest BCUT2D eigenvalue weighted by molar-refractivity contribution is -0.137. The van der Waals surface area contributed by atoms with Crippen LogP contribution in [0.1, 0.15) is 100.0 Å². The van der Waals surface area contributed by atoms with Gasteiger partial charge < -0.3 is 19.6 Å². The number of nitrogens with zero attached hydrogens (tertiary/aromatic N) is 1. The summed E-state index contributed by atoms with van der Waals surface area (Å²) >= 11 is 0. The minimum atomic E-state index is -0.822. The molecule has 51 heavy (non-hydrogen) atoms. The molecule has 0 bridgehead atoms. The molecule has 1 fully saturated rings. The Kier molecular flexibility index (Phi) is 9.47. The van der Waals surface area contributed by atoms with E-state index in [4.69, 9.17) is 19.6 Å². The van der Waals surface area contributed by atoms with Crippen molar-refractivity contribution in [1.82, 2.24) is 9.97 Å². The van der Waals surface area contributed by atoms with E-state index in [0.717, 1.165) is 35.3 Å². The van der Waals surface area contributed by atoms with Crippen molar-refractivity contribution in [2.45, 2.75) is 97.3 Å². The van der Waals surface area contributed by atoms with Gasteiger partial charge in [0.15, 0.2) is 0 Å². The number of carbonyl (C=O) groups is 1. The van der Waals surface area contributed by atoms with Gasteiger partial charge in [0.1, 0.15) is 17.3 Å². The number of hydrogen-bond acceptors (Lipinski definition) is 4. The number of carboxylic acid groups (broad SMARTS) is 1. The Hall–Kier alpha value is -4.58. The van der Waals surface area contributed by atoms with Crippen molar-refractivity contribution in [1.29, 1.82) is 0 Å². The zero-order valence-corrected chi connectivity index (χ0v) is 31.1. The summed E-state index contributed by atoms with van der Waals surface area (Å²) in [5.74, 6) is 2.34. The topological polar surface area (TPSA) is 84.4 Å². The molecular weight excluding hydrogens is 633 g/mol. The summed E-state index contributed by atoms with van der Waals surface area (Å²) < 4.78 is 11.7. The number of benzene rings is 4. The highest BCUT2D eigenvalue weighted by Gasteiger charge is 2.52. The number of nitrogens with one attached hydrogen (secondary N) is 1. The molecule has 1 saturated carbocycles. The number of methoxy groups -OCH3 is 1. The monoisotopic (exact) mass is 684 g/mol. The molecule has 2 N–H and O–H groups in total. The number of imidazole rings is 1. The highest BCUT2D eigenvalue weighted by molar-refractivity contribution is 5.90. The smallest absolute Gasteiger partial charge is 0.303 e. The molecule has 0 spiro atoms. The number of ether oxygens (including phenoxy) is 2. The third kappa shape index (κ3) is 6.54. The number of H-pyrrole nitrogens is 1. The van der Waals surface area contributed by atoms with Gasteiger partial charge in [0.2, 0.25) is 0 Å². The molecule has 0 amide bonds. The Morgan fingerprint density at radius 1 is 1.00 bits per heavy atom. The standard InChI is InChI=1S/C45H52N2O4/c1-28(2)30-14-19-37-31(25-30)15-21-40-44(4,22-10-23-45(37,40)5)27-36-34(33-12-8-7-11-29(33)3)18-20-38-42(36)47-43(46-38)35-17-16-32(26-39(35)50-6)51-24-9-13-41(48)49/h7-8,11-12,14,16-20,25-26,28,40H,9-10,13,15,21-24,27H2,1-6H3,(H,46,47)(H,48,49)/t40-,44+,45+/m0/s1. The number of aliphatic carboxylic acids is 1. The van der Waals surface area contributed by atoms with Crippen molar-refractivity contribution in [2.75, 3.05) is 13.7 Å². The van der Waals surface area contributed by atoms with E-state index >= 15 is 0 Å². The van der Waals surface area contributed by atoms with Crippen LogP contribution in [0.4, 0.5) is 0 Å². The number of hydrogen-bond donors (Lipinski definition) is 2. The predicted molar refractivity (Wildman–Crippen MR) is 206 cm³/mol. The zero-order valence-electron chi connectivity index (χ0n) is 31.1. The lowest BCUT2D eigenvalue weighted by atomic mass is 9.48. The number of aromatic nitrogens is 2. The third-order valence-corrected chi connectivity index (χ3v) is 12.2. The fraction of sp³-hybridized carbons (Fsp3) is 0.422. The van der Waals surface area contributed by atoms with Crippen LogP contribution in [0.3, 0.4) is 0 Å². The summed E-state index contributed by atoms with van der Waals surface area (Å²) in [5, 5.41) is 8.97. The van der Waals surface area contributed by atoms with Crippen molar-refractivity contribution in [3.8, 4) is 34.0 Å². The van der Waals surface area contributed by atoms with Crippen LogP contribution in [-0.4, -0.2) is 34.8 Å². The van der Waals surface area contributed by atoms with Crippen LogP contribution in [0.5, 0.6) is 11.5 Å². The predicted octanol–water partition coefficient (Wildman–Crippen LogP) is 10.8. The molecule has 0 aliphatic heterocycles. The average Bonchev–Trinajstić information content (AvgIpc) is 3.55. The van der Waals surface area contributed by atoms with E-state index in [2.05, 4.69) is 94.2 Å². The molecule has 266 valence electrons. The molecule has 1 aromatic heterocycles. The summed E-state index contributed by atoms with van der Waals surface area (Å²) in [5.41, 5.74) is 12.8. The van der Waals surface area contributed by atoms with E-state index in [1.54, 1.807) is 18.2 Å². The molecule has 7 rings (SSSR count). The summed E-state index contributed by atoms with van der Waals surface area (Å²) in [4.78, 5) is 19.9. The van der Waals surface area contributed by atoms with Gasteiger partial charge in [0.05, 0.1) is 30.3 Å². The van der Waals surface area contributed by atoms with Crippen LogP contribution in [0.25, 0.3) is 33.5 Å². The van der Waals surface area contributed by atoms with Gasteiger partial charge in [-0.15, -0.1) is 0 Å². The molecule has 2 aliphatic carbocycles. The molecule has 0 radical (unpaired) electrons. The number of carboxylic acids is 1. The third-order valence-electron chi connectivity index (χ3n) is 12.2. The Bertz CT molecular complexity index is 2080. The van der Waals surface area contributed by atoms with Crippen LogP contribution in [-0.2, 0) is 23.1 Å². The van der Waals surface area contributed by atoms with Crippen molar-refractivity contribution in [2.24, 2.45) is 11.3 Å². The van der Waals surface area contributed by atoms with E-state index < -0.39 is 5.97 Å². The molecule has 0 unspecified atom stereocenters. The second-order valence-corrected chi connectivity index (χ2v) is 15.9. The lowest BCUT2D eigenvalue weighted by Gasteiger charge is -2.56. The van der Waals surface area contributed by atoms with Gasteiger partial charge in [-0.3, -0.25) is 4.79 Å². The highest BCUT2D eigenvalue weighted by Crippen LogP contribution is 2.59. The first-order valence-electron chi connectivity index (χ1n) is 18.7. The van der Waals surface area contributed by atoms with Crippen LogP contribution >= 0.6 is 0 Å². The molecule has 6 heteroatoms. The maximum absolute atomic E-state index is 10.9. The summed E-state index contributed by atoms with van der Waals surface area (Å²) in [6.45, 7) is 12.3. The van der Waals surface area contributed by atoms with Gasteiger partial charge in [-0.25, -0.2) is 4.98 Å². The molecular formula is C45H52N2O4. The molecule has 0 saturated heterocycles. The van der Waals surface area contributed by atoms with E-state index in [-0.39, 0.29) is 17.3 Å². The zero-order chi connectivity index (χ0) is 35.9. The molecule has 5 aromatic rings. The first-order chi connectivity index (χ1) is 24.5. The Balaban J connectivity index is 1.29. The summed E-state index contributed by atoms with van der Waals surface area (Å²) in [6, 6.07) is 26.3. The van der Waals surface area contributed by atoms with Crippen molar-refractivity contribution < 1.29 is 19.4 Å². The summed E-state index contributed by atoms with van der Waals surface area (Å²) in [7, 11) is 1.66. The van der Waals surface area contributed by atoms with Crippen LogP contribution in [0, 0.1) is 18.3 Å². The van der Waals surface area contributed by atoms with Gasteiger partial charge in [-0.2, -0.15) is 0 Å². The van der Waals surface area contributed by atoms with Crippen molar-refractivity contribution in [3.63, 3.8) is 0 Å². The minimum Gasteiger partial charge on any atom is -0.496 e. The number of aromatic amines is 1. The molecule has 2 aliphatic rings. The SMILES string of the molecule is COc1cc(OCCCC(=O)O)ccc1-c1nc2c(C[C@@]3(C)CCC[C@]4(C)c5ccc(C(C)C)cc5CC[C@@H]34)c(-c3ccccc3C)ccc2[nH]1. The average molecular weight is 685 g/mol. The van der Waals surface area contributed by atoms with Gasteiger partial charge >= 0.3 is 5.97 Å². The molecule has 6 nitrogen and oxygen atoms in total. The van der Waals surface area contributed by atoms with E-state index in [1.165, 1.54) is 53.5 Å².